The lowest BCUT2D eigenvalue weighted by Gasteiger charge is -2.30. The van der Waals surface area contributed by atoms with Crippen LogP contribution >= 0.6 is 0 Å². The second-order valence-corrected chi connectivity index (χ2v) is 4.16. The summed E-state index contributed by atoms with van der Waals surface area (Å²) in [5.74, 6) is 0.988. The number of phenolic OH excluding ortho intramolecular Hbond substituents is 1. The lowest BCUT2D eigenvalue weighted by Crippen LogP contribution is -2.24. The Labute approximate surface area is 85.0 Å². The van der Waals surface area contributed by atoms with Gasteiger partial charge < -0.3 is 10.4 Å². The minimum Gasteiger partial charge on any atom is -0.508 e. The van der Waals surface area contributed by atoms with Crippen LogP contribution in [0.3, 0.4) is 0 Å². The third kappa shape index (κ3) is 1.57. The fourth-order valence-corrected chi connectivity index (χ4v) is 2.29. The number of nitrogens with one attached hydrogen (secondary N) is 1. The average Bonchev–Trinajstić information content (AvgIpc) is 2.15. The smallest absolute Gasteiger partial charge is 0.117 e. The van der Waals surface area contributed by atoms with Gasteiger partial charge in [-0.2, -0.15) is 0 Å². The minimum atomic E-state index is 0.347. The Morgan fingerprint density at radius 3 is 3.00 bits per heavy atom. The summed E-state index contributed by atoms with van der Waals surface area (Å²) in [5, 5.41) is 12.8. The second kappa shape index (κ2) is 3.52. The van der Waals surface area contributed by atoms with Gasteiger partial charge in [-0.1, -0.05) is 13.0 Å². The van der Waals surface area contributed by atoms with Crippen LogP contribution in [0.4, 0.5) is 5.69 Å². The van der Waals surface area contributed by atoms with Crippen LogP contribution in [0.15, 0.2) is 18.2 Å². The largest absolute Gasteiger partial charge is 0.508 e. The zero-order valence-corrected chi connectivity index (χ0v) is 8.75. The molecule has 0 spiro atoms. The van der Waals surface area contributed by atoms with E-state index in [0.29, 0.717) is 17.7 Å². The maximum absolute atomic E-state index is 9.39. The van der Waals surface area contributed by atoms with E-state index in [-0.39, 0.29) is 0 Å². The number of aromatic hydroxyl groups is 1. The first-order chi connectivity index (χ1) is 6.70. The zero-order valence-electron chi connectivity index (χ0n) is 8.75. The van der Waals surface area contributed by atoms with Gasteiger partial charge in [0.05, 0.1) is 0 Å². The monoisotopic (exact) mass is 191 g/mol. The molecule has 0 amide bonds. The first-order valence-electron chi connectivity index (χ1n) is 5.30. The number of hydrogen-bond donors (Lipinski definition) is 2. The van der Waals surface area contributed by atoms with Gasteiger partial charge in [-0.05, 0) is 37.3 Å². The van der Waals surface area contributed by atoms with E-state index in [4.69, 9.17) is 0 Å². The van der Waals surface area contributed by atoms with Crippen molar-refractivity contribution in [1.82, 2.24) is 0 Å². The number of hydrogen-bond acceptors (Lipinski definition) is 2. The summed E-state index contributed by atoms with van der Waals surface area (Å²) in [6.45, 7) is 4.41. The molecule has 0 saturated heterocycles. The van der Waals surface area contributed by atoms with Gasteiger partial charge in [-0.3, -0.25) is 0 Å². The quantitative estimate of drug-likeness (QED) is 0.715. The van der Waals surface area contributed by atoms with E-state index in [1.807, 2.05) is 12.1 Å². The second-order valence-electron chi connectivity index (χ2n) is 4.16. The van der Waals surface area contributed by atoms with Crippen LogP contribution in [0, 0.1) is 0 Å². The average molecular weight is 191 g/mol. The lowest BCUT2D eigenvalue weighted by molar-refractivity contribution is 0.473. The predicted octanol–water partition coefficient (Wildman–Crippen LogP) is 3.09. The van der Waals surface area contributed by atoms with Crippen LogP contribution in [0.2, 0.25) is 0 Å². The van der Waals surface area contributed by atoms with E-state index in [1.165, 1.54) is 18.4 Å². The normalized spacial score (nSPS) is 25.3. The van der Waals surface area contributed by atoms with Crippen molar-refractivity contribution < 1.29 is 5.11 Å². The molecule has 14 heavy (non-hydrogen) atoms. The van der Waals surface area contributed by atoms with Crippen LogP contribution in [-0.4, -0.2) is 11.1 Å². The van der Waals surface area contributed by atoms with E-state index in [1.54, 1.807) is 6.07 Å². The summed E-state index contributed by atoms with van der Waals surface area (Å²) in [6.07, 6.45) is 2.36. The number of rotatable bonds is 1. The van der Waals surface area contributed by atoms with Crippen molar-refractivity contribution in [2.75, 3.05) is 5.32 Å². The molecule has 0 bridgehead atoms. The van der Waals surface area contributed by atoms with Gasteiger partial charge in [0.15, 0.2) is 0 Å². The molecule has 2 heteroatoms. The highest BCUT2D eigenvalue weighted by Crippen LogP contribution is 2.37. The maximum Gasteiger partial charge on any atom is 0.117 e. The number of anilines is 1. The Hall–Kier alpha value is -1.18. The molecule has 0 radical (unpaired) electrons. The summed E-state index contributed by atoms with van der Waals surface area (Å²) in [7, 11) is 0. The van der Waals surface area contributed by atoms with Crippen LogP contribution in [0.5, 0.6) is 5.75 Å². The summed E-state index contributed by atoms with van der Waals surface area (Å²) in [4.78, 5) is 0. The van der Waals surface area contributed by atoms with Gasteiger partial charge in [0.2, 0.25) is 0 Å². The predicted molar refractivity (Wildman–Crippen MR) is 58.8 cm³/mol. The lowest BCUT2D eigenvalue weighted by atomic mass is 9.86. The molecule has 1 heterocycles. The Balaban J connectivity index is 2.40. The number of fused-ring (bicyclic) bond motifs is 1. The van der Waals surface area contributed by atoms with E-state index >= 15 is 0 Å². The molecule has 2 nitrogen and oxygen atoms in total. The van der Waals surface area contributed by atoms with E-state index in [2.05, 4.69) is 19.2 Å². The number of phenols is 1. The molecule has 1 aromatic carbocycles. The molecular weight excluding hydrogens is 174 g/mol. The molecular formula is C12H17NO. The molecule has 0 unspecified atom stereocenters. The molecule has 0 aromatic heterocycles. The van der Waals surface area contributed by atoms with Crippen molar-refractivity contribution in [3.05, 3.63) is 23.8 Å². The topological polar surface area (TPSA) is 32.3 Å². The molecule has 0 saturated carbocycles. The Morgan fingerprint density at radius 1 is 1.50 bits per heavy atom. The van der Waals surface area contributed by atoms with Gasteiger partial charge in [0, 0.05) is 17.8 Å². The molecule has 1 aliphatic rings. The highest BCUT2D eigenvalue weighted by molar-refractivity contribution is 5.58. The van der Waals surface area contributed by atoms with Crippen molar-refractivity contribution in [2.24, 2.45) is 0 Å². The molecule has 1 aromatic rings. The van der Waals surface area contributed by atoms with Crippen molar-refractivity contribution in [2.45, 2.75) is 38.6 Å². The third-order valence-corrected chi connectivity index (χ3v) is 3.01. The Morgan fingerprint density at radius 2 is 2.29 bits per heavy atom. The van der Waals surface area contributed by atoms with Gasteiger partial charge in [0.1, 0.15) is 5.75 Å². The highest BCUT2D eigenvalue weighted by atomic mass is 16.3. The molecule has 2 N–H and O–H groups in total. The van der Waals surface area contributed by atoms with Crippen LogP contribution in [-0.2, 0) is 0 Å². The fourth-order valence-electron chi connectivity index (χ4n) is 2.29. The highest BCUT2D eigenvalue weighted by Gasteiger charge is 2.22. The van der Waals surface area contributed by atoms with Crippen LogP contribution < -0.4 is 5.32 Å². The van der Waals surface area contributed by atoms with Gasteiger partial charge >= 0.3 is 0 Å². The van der Waals surface area contributed by atoms with Crippen molar-refractivity contribution in [1.29, 1.82) is 0 Å². The zero-order chi connectivity index (χ0) is 10.1. The molecule has 76 valence electrons. The van der Waals surface area contributed by atoms with Crippen molar-refractivity contribution in [3.8, 4) is 5.75 Å². The molecule has 1 aliphatic heterocycles. The van der Waals surface area contributed by atoms with Crippen molar-refractivity contribution in [3.63, 3.8) is 0 Å². The molecule has 2 atom stereocenters. The molecule has 0 aliphatic carbocycles. The SMILES string of the molecule is CC[C@H]1C[C@@H](C)Nc2cc(O)ccc21. The maximum atomic E-state index is 9.39. The van der Waals surface area contributed by atoms with Gasteiger partial charge in [-0.15, -0.1) is 0 Å². The van der Waals surface area contributed by atoms with E-state index < -0.39 is 0 Å². The van der Waals surface area contributed by atoms with Crippen LogP contribution in [0.25, 0.3) is 0 Å². The summed E-state index contributed by atoms with van der Waals surface area (Å²) in [6, 6.07) is 6.15. The number of benzene rings is 1. The minimum absolute atomic E-state index is 0.347. The fraction of sp³-hybridized carbons (Fsp3) is 0.500. The van der Waals surface area contributed by atoms with Gasteiger partial charge in [-0.25, -0.2) is 0 Å². The molecule has 2 rings (SSSR count). The van der Waals surface area contributed by atoms with E-state index in [9.17, 15) is 5.11 Å². The Kier molecular flexibility index (Phi) is 2.36. The third-order valence-electron chi connectivity index (χ3n) is 3.01. The first-order valence-corrected chi connectivity index (χ1v) is 5.30. The Bertz CT molecular complexity index is 335. The standard InChI is InChI=1S/C12H17NO/c1-3-9-6-8(2)13-12-7-10(14)4-5-11(9)12/h4-5,7-9,13-14H,3,6H2,1-2H3/t8-,9+/m1/s1. The van der Waals surface area contributed by atoms with Gasteiger partial charge in [0.25, 0.3) is 0 Å². The summed E-state index contributed by atoms with van der Waals surface area (Å²) >= 11 is 0. The van der Waals surface area contributed by atoms with Crippen molar-refractivity contribution >= 4 is 5.69 Å². The van der Waals surface area contributed by atoms with E-state index in [0.717, 1.165) is 5.69 Å². The van der Waals surface area contributed by atoms with Crippen LogP contribution in [0.1, 0.15) is 38.2 Å². The molecule has 0 fully saturated rings. The summed E-state index contributed by atoms with van der Waals surface area (Å²) < 4.78 is 0. The summed E-state index contributed by atoms with van der Waals surface area (Å²) in [5.41, 5.74) is 2.46. The first kappa shape index (κ1) is 9.38.